The zero-order valence-corrected chi connectivity index (χ0v) is 11.3. The molecule has 100 valence electrons. The highest BCUT2D eigenvalue weighted by atomic mass is 16.4. The number of hydrogen-bond acceptors (Lipinski definition) is 5. The Morgan fingerprint density at radius 1 is 1.00 bits per heavy atom. The summed E-state index contributed by atoms with van der Waals surface area (Å²) in [4.78, 5) is 12.4. The Morgan fingerprint density at radius 2 is 1.47 bits per heavy atom. The molecule has 1 N–H and O–H groups in total. The molecule has 0 saturated heterocycles. The fourth-order valence-corrected chi connectivity index (χ4v) is 2.07. The average molecular weight is 261 g/mol. The third-order valence-electron chi connectivity index (χ3n) is 2.90. The van der Waals surface area contributed by atoms with Crippen LogP contribution in [-0.2, 0) is 0 Å². The van der Waals surface area contributed by atoms with E-state index in [0.29, 0.717) is 34.2 Å². The first-order valence-electron chi connectivity index (χ1n) is 5.85. The molecule has 2 heterocycles. The SMILES string of the molecule is Cc1cc(C(=O)C(=NO)c2cc(C)oc2C)c(C)o1. The van der Waals surface area contributed by atoms with Gasteiger partial charge in [0.1, 0.15) is 23.0 Å². The van der Waals surface area contributed by atoms with Gasteiger partial charge in [0.15, 0.2) is 5.71 Å². The lowest BCUT2D eigenvalue weighted by Crippen LogP contribution is -2.16. The molecule has 0 atom stereocenters. The van der Waals surface area contributed by atoms with Crippen LogP contribution in [0.5, 0.6) is 0 Å². The van der Waals surface area contributed by atoms with Gasteiger partial charge >= 0.3 is 0 Å². The van der Waals surface area contributed by atoms with Crippen molar-refractivity contribution in [2.24, 2.45) is 5.16 Å². The molecule has 0 fully saturated rings. The minimum absolute atomic E-state index is 0.0433. The molecule has 0 spiro atoms. The Bertz CT molecular complexity index is 661. The molecule has 0 bridgehead atoms. The molecule has 19 heavy (non-hydrogen) atoms. The van der Waals surface area contributed by atoms with E-state index in [2.05, 4.69) is 5.16 Å². The first kappa shape index (κ1) is 13.1. The van der Waals surface area contributed by atoms with Crippen LogP contribution in [0.1, 0.15) is 39.0 Å². The number of carbonyl (C=O) groups excluding carboxylic acids is 1. The third kappa shape index (κ3) is 2.31. The maximum Gasteiger partial charge on any atom is 0.219 e. The number of rotatable bonds is 3. The number of furan rings is 2. The Morgan fingerprint density at radius 3 is 1.84 bits per heavy atom. The Labute approximate surface area is 110 Å². The summed E-state index contributed by atoms with van der Waals surface area (Å²) in [6.07, 6.45) is 0. The van der Waals surface area contributed by atoms with E-state index in [4.69, 9.17) is 14.0 Å². The predicted molar refractivity (Wildman–Crippen MR) is 69.0 cm³/mol. The first-order chi connectivity index (χ1) is 8.93. The minimum Gasteiger partial charge on any atom is -0.466 e. The molecular weight excluding hydrogens is 246 g/mol. The molecule has 5 nitrogen and oxygen atoms in total. The number of Topliss-reactive ketones (excluding diaryl/α,β-unsaturated/α-hetero) is 1. The molecule has 2 aromatic heterocycles. The number of aryl methyl sites for hydroxylation is 4. The van der Waals surface area contributed by atoms with E-state index >= 15 is 0 Å². The monoisotopic (exact) mass is 261 g/mol. The lowest BCUT2D eigenvalue weighted by Gasteiger charge is -2.01. The van der Waals surface area contributed by atoms with Gasteiger partial charge in [-0.25, -0.2) is 0 Å². The van der Waals surface area contributed by atoms with Gasteiger partial charge in [-0.1, -0.05) is 5.16 Å². The molecule has 2 rings (SSSR count). The van der Waals surface area contributed by atoms with E-state index in [-0.39, 0.29) is 11.5 Å². The highest BCUT2D eigenvalue weighted by molar-refractivity contribution is 6.51. The van der Waals surface area contributed by atoms with Crippen LogP contribution < -0.4 is 0 Å². The van der Waals surface area contributed by atoms with Crippen LogP contribution in [0.3, 0.4) is 0 Å². The van der Waals surface area contributed by atoms with Crippen LogP contribution in [0.2, 0.25) is 0 Å². The summed E-state index contributed by atoms with van der Waals surface area (Å²) in [6, 6.07) is 3.30. The highest BCUT2D eigenvalue weighted by Crippen LogP contribution is 2.20. The molecule has 0 aliphatic carbocycles. The largest absolute Gasteiger partial charge is 0.466 e. The summed E-state index contributed by atoms with van der Waals surface area (Å²) in [5.74, 6) is 1.94. The molecule has 0 aliphatic rings. The lowest BCUT2D eigenvalue weighted by molar-refractivity contribution is 0.106. The molecule has 0 aliphatic heterocycles. The van der Waals surface area contributed by atoms with Gasteiger partial charge in [0, 0.05) is 5.56 Å². The van der Waals surface area contributed by atoms with Gasteiger partial charge in [0.25, 0.3) is 0 Å². The van der Waals surface area contributed by atoms with E-state index in [1.165, 1.54) is 0 Å². The molecule has 5 heteroatoms. The minimum atomic E-state index is -0.388. The van der Waals surface area contributed by atoms with Crippen molar-refractivity contribution in [3.05, 3.63) is 46.3 Å². The molecule has 0 unspecified atom stereocenters. The predicted octanol–water partition coefficient (Wildman–Crippen LogP) is 3.17. The van der Waals surface area contributed by atoms with Gasteiger partial charge in [-0.2, -0.15) is 0 Å². The molecule has 0 saturated carbocycles. The van der Waals surface area contributed by atoms with Gasteiger partial charge in [-0.05, 0) is 39.8 Å². The first-order valence-corrected chi connectivity index (χ1v) is 5.85. The topological polar surface area (TPSA) is 75.9 Å². The molecular formula is C14H15NO4. The van der Waals surface area contributed by atoms with Gasteiger partial charge in [-0.3, -0.25) is 4.79 Å². The molecule has 0 aromatic carbocycles. The van der Waals surface area contributed by atoms with Crippen molar-refractivity contribution in [2.75, 3.05) is 0 Å². The number of hydrogen-bond donors (Lipinski definition) is 1. The fourth-order valence-electron chi connectivity index (χ4n) is 2.07. The second-order valence-corrected chi connectivity index (χ2v) is 4.43. The van der Waals surface area contributed by atoms with E-state index in [9.17, 15) is 4.79 Å². The summed E-state index contributed by atoms with van der Waals surface area (Å²) in [5.41, 5.74) is 0.838. The summed E-state index contributed by atoms with van der Waals surface area (Å²) in [5, 5.41) is 12.3. The van der Waals surface area contributed by atoms with Crippen molar-refractivity contribution in [2.45, 2.75) is 27.7 Å². The summed E-state index contributed by atoms with van der Waals surface area (Å²) < 4.78 is 10.7. The van der Waals surface area contributed by atoms with E-state index < -0.39 is 0 Å². The summed E-state index contributed by atoms with van der Waals surface area (Å²) in [6.45, 7) is 6.94. The quantitative estimate of drug-likeness (QED) is 0.398. The molecule has 0 amide bonds. The fraction of sp³-hybridized carbons (Fsp3) is 0.286. The van der Waals surface area contributed by atoms with Gasteiger partial charge in [0.2, 0.25) is 5.78 Å². The summed E-state index contributed by atoms with van der Waals surface area (Å²) in [7, 11) is 0. The van der Waals surface area contributed by atoms with E-state index in [0.717, 1.165) is 0 Å². The zero-order chi connectivity index (χ0) is 14.2. The van der Waals surface area contributed by atoms with Crippen LogP contribution in [0.4, 0.5) is 0 Å². The van der Waals surface area contributed by atoms with Crippen LogP contribution >= 0.6 is 0 Å². The van der Waals surface area contributed by atoms with Crippen molar-refractivity contribution in [3.63, 3.8) is 0 Å². The number of oxime groups is 1. The number of carbonyl (C=O) groups is 1. The van der Waals surface area contributed by atoms with Gasteiger partial charge in [0.05, 0.1) is 5.56 Å². The zero-order valence-electron chi connectivity index (χ0n) is 11.3. The Hall–Kier alpha value is -2.30. The second-order valence-electron chi connectivity index (χ2n) is 4.43. The van der Waals surface area contributed by atoms with Crippen LogP contribution in [-0.4, -0.2) is 16.7 Å². The van der Waals surface area contributed by atoms with Gasteiger partial charge in [-0.15, -0.1) is 0 Å². The molecule has 0 radical (unpaired) electrons. The number of nitrogens with zero attached hydrogens (tertiary/aromatic N) is 1. The number of ketones is 1. The Balaban J connectivity index is 2.47. The van der Waals surface area contributed by atoms with Crippen molar-refractivity contribution in [3.8, 4) is 0 Å². The average Bonchev–Trinajstić information content (AvgIpc) is 2.83. The van der Waals surface area contributed by atoms with Crippen LogP contribution in [0.15, 0.2) is 26.1 Å². The van der Waals surface area contributed by atoms with E-state index in [1.54, 1.807) is 39.8 Å². The normalized spacial score (nSPS) is 11.9. The maximum atomic E-state index is 12.4. The maximum absolute atomic E-state index is 12.4. The van der Waals surface area contributed by atoms with Gasteiger partial charge < -0.3 is 14.0 Å². The van der Waals surface area contributed by atoms with Crippen LogP contribution in [0, 0.1) is 27.7 Å². The smallest absolute Gasteiger partial charge is 0.219 e. The van der Waals surface area contributed by atoms with E-state index in [1.807, 2.05) is 0 Å². The van der Waals surface area contributed by atoms with Crippen LogP contribution in [0.25, 0.3) is 0 Å². The lowest BCUT2D eigenvalue weighted by atomic mass is 10.0. The standard InChI is InChI=1S/C14H15NO4/c1-7-5-11(9(3)18-7)13(15-17)14(16)12-6-8(2)19-10(12)4/h5-6,17H,1-4H3. The second kappa shape index (κ2) is 4.76. The van der Waals surface area contributed by atoms with Crippen molar-refractivity contribution in [1.82, 2.24) is 0 Å². The summed E-state index contributed by atoms with van der Waals surface area (Å²) >= 11 is 0. The third-order valence-corrected chi connectivity index (χ3v) is 2.90. The van der Waals surface area contributed by atoms with Crippen molar-refractivity contribution >= 4 is 11.5 Å². The Kier molecular flexibility index (Phi) is 3.29. The van der Waals surface area contributed by atoms with Crippen molar-refractivity contribution in [1.29, 1.82) is 0 Å². The van der Waals surface area contributed by atoms with Crippen molar-refractivity contribution < 1.29 is 18.8 Å². The molecule has 2 aromatic rings. The highest BCUT2D eigenvalue weighted by Gasteiger charge is 2.24.